The van der Waals surface area contributed by atoms with Crippen molar-refractivity contribution >= 4 is 28.9 Å². The summed E-state index contributed by atoms with van der Waals surface area (Å²) in [6, 6.07) is 14.7. The van der Waals surface area contributed by atoms with Crippen molar-refractivity contribution in [3.05, 3.63) is 53.6 Å². The van der Waals surface area contributed by atoms with Gasteiger partial charge in [-0.15, -0.1) is 0 Å². The van der Waals surface area contributed by atoms with Gasteiger partial charge >= 0.3 is 0 Å². The van der Waals surface area contributed by atoms with Crippen LogP contribution in [0.4, 0.5) is 11.4 Å². The van der Waals surface area contributed by atoms with Crippen molar-refractivity contribution in [3.8, 4) is 5.75 Å². The molecule has 1 amide bonds. The third-order valence-corrected chi connectivity index (χ3v) is 3.47. The van der Waals surface area contributed by atoms with Crippen LogP contribution in [-0.2, 0) is 4.79 Å². The molecular formula is C17H19ClN2O2. The monoisotopic (exact) mass is 318 g/mol. The molecule has 0 fully saturated rings. The number of carbonyl (C=O) groups is 1. The molecule has 1 N–H and O–H groups in total. The molecule has 22 heavy (non-hydrogen) atoms. The number of nitrogens with zero attached hydrogens (tertiary/aromatic N) is 1. The highest BCUT2D eigenvalue weighted by molar-refractivity contribution is 6.32. The zero-order valence-electron chi connectivity index (χ0n) is 12.8. The lowest BCUT2D eigenvalue weighted by molar-refractivity contribution is -0.122. The topological polar surface area (TPSA) is 41.6 Å². The predicted octanol–water partition coefficient (Wildman–Crippen LogP) is 3.81. The third-order valence-electron chi connectivity index (χ3n) is 3.16. The lowest BCUT2D eigenvalue weighted by Crippen LogP contribution is -2.30. The summed E-state index contributed by atoms with van der Waals surface area (Å²) in [4.78, 5) is 14.2. The van der Waals surface area contributed by atoms with E-state index in [9.17, 15) is 4.79 Å². The van der Waals surface area contributed by atoms with Gasteiger partial charge in [-0.1, -0.05) is 23.7 Å². The molecule has 0 spiro atoms. The van der Waals surface area contributed by atoms with Crippen LogP contribution >= 0.6 is 11.6 Å². The second kappa shape index (κ2) is 7.18. The first-order valence-electron chi connectivity index (χ1n) is 6.97. The molecule has 0 aliphatic carbocycles. The fraction of sp³-hybridized carbons (Fsp3) is 0.235. The van der Waals surface area contributed by atoms with Crippen LogP contribution in [-0.4, -0.2) is 26.1 Å². The van der Waals surface area contributed by atoms with Crippen molar-refractivity contribution < 1.29 is 9.53 Å². The maximum Gasteiger partial charge on any atom is 0.265 e. The quantitative estimate of drug-likeness (QED) is 0.911. The highest BCUT2D eigenvalue weighted by Gasteiger charge is 2.16. The first-order valence-corrected chi connectivity index (χ1v) is 7.34. The van der Waals surface area contributed by atoms with Crippen LogP contribution in [0.3, 0.4) is 0 Å². The number of para-hydroxylation sites is 1. The number of carbonyl (C=O) groups excluding carboxylic acids is 1. The van der Waals surface area contributed by atoms with E-state index in [2.05, 4.69) is 5.32 Å². The van der Waals surface area contributed by atoms with Gasteiger partial charge in [-0.05, 0) is 43.3 Å². The molecule has 2 aromatic rings. The normalized spacial score (nSPS) is 11.6. The van der Waals surface area contributed by atoms with Crippen molar-refractivity contribution in [2.75, 3.05) is 24.3 Å². The average Bonchev–Trinajstić information content (AvgIpc) is 2.50. The minimum Gasteiger partial charge on any atom is -0.479 e. The van der Waals surface area contributed by atoms with Crippen LogP contribution in [0.25, 0.3) is 0 Å². The first kappa shape index (κ1) is 16.2. The standard InChI is InChI=1S/C17H19ClN2O2/c1-12(22-16-7-5-4-6-15(16)18)17(21)19-13-8-10-14(11-9-13)20(2)3/h4-12H,1-3H3,(H,19,21). The summed E-state index contributed by atoms with van der Waals surface area (Å²) in [6.07, 6.45) is -0.645. The summed E-state index contributed by atoms with van der Waals surface area (Å²) in [7, 11) is 3.93. The van der Waals surface area contributed by atoms with Crippen LogP contribution in [0.1, 0.15) is 6.92 Å². The van der Waals surface area contributed by atoms with Crippen molar-refractivity contribution in [1.29, 1.82) is 0 Å². The Morgan fingerprint density at radius 2 is 1.77 bits per heavy atom. The van der Waals surface area contributed by atoms with E-state index in [1.165, 1.54) is 0 Å². The number of benzene rings is 2. The van der Waals surface area contributed by atoms with Crippen LogP contribution in [0, 0.1) is 0 Å². The second-order valence-corrected chi connectivity index (χ2v) is 5.53. The van der Waals surface area contributed by atoms with Crippen LogP contribution in [0.5, 0.6) is 5.75 Å². The molecule has 0 aromatic heterocycles. The number of nitrogens with one attached hydrogen (secondary N) is 1. The molecule has 2 rings (SSSR count). The summed E-state index contributed by atoms with van der Waals surface area (Å²) in [5.41, 5.74) is 1.79. The van der Waals surface area contributed by atoms with Crippen molar-refractivity contribution in [1.82, 2.24) is 0 Å². The van der Waals surface area contributed by atoms with Gasteiger partial charge in [-0.3, -0.25) is 4.79 Å². The Bertz CT molecular complexity index is 641. The Morgan fingerprint density at radius 3 is 2.36 bits per heavy atom. The van der Waals surface area contributed by atoms with E-state index in [-0.39, 0.29) is 5.91 Å². The molecule has 0 radical (unpaired) electrons. The number of hydrogen-bond donors (Lipinski definition) is 1. The van der Waals surface area contributed by atoms with Crippen LogP contribution in [0.2, 0.25) is 5.02 Å². The zero-order chi connectivity index (χ0) is 16.1. The Kier molecular flexibility index (Phi) is 5.28. The van der Waals surface area contributed by atoms with Crippen molar-refractivity contribution in [2.24, 2.45) is 0 Å². The predicted molar refractivity (Wildman–Crippen MR) is 90.9 cm³/mol. The number of amides is 1. The van der Waals surface area contributed by atoms with E-state index in [1.54, 1.807) is 19.1 Å². The molecule has 0 aliphatic heterocycles. The number of ether oxygens (including phenoxy) is 1. The molecule has 0 aliphatic rings. The molecule has 1 atom stereocenters. The maximum absolute atomic E-state index is 12.2. The Morgan fingerprint density at radius 1 is 1.14 bits per heavy atom. The summed E-state index contributed by atoms with van der Waals surface area (Å²) < 4.78 is 5.59. The fourth-order valence-electron chi connectivity index (χ4n) is 1.87. The first-order chi connectivity index (χ1) is 10.5. The molecule has 0 heterocycles. The van der Waals surface area contributed by atoms with Gasteiger partial charge in [0, 0.05) is 25.5 Å². The van der Waals surface area contributed by atoms with Gasteiger partial charge in [0.25, 0.3) is 5.91 Å². The Labute approximate surface area is 135 Å². The molecule has 0 bridgehead atoms. The molecule has 2 aromatic carbocycles. The summed E-state index contributed by atoms with van der Waals surface area (Å²) in [5.74, 6) is 0.271. The third kappa shape index (κ3) is 4.15. The van der Waals surface area contributed by atoms with Gasteiger partial charge in [0.1, 0.15) is 5.75 Å². The second-order valence-electron chi connectivity index (χ2n) is 5.12. The van der Waals surface area contributed by atoms with Crippen molar-refractivity contribution in [3.63, 3.8) is 0 Å². The SMILES string of the molecule is CC(Oc1ccccc1Cl)C(=O)Nc1ccc(N(C)C)cc1. The summed E-state index contributed by atoms with van der Waals surface area (Å²) in [5, 5.41) is 3.31. The molecule has 0 saturated heterocycles. The lowest BCUT2D eigenvalue weighted by atomic mass is 10.2. The summed E-state index contributed by atoms with van der Waals surface area (Å²) in [6.45, 7) is 1.69. The minimum absolute atomic E-state index is 0.225. The molecule has 116 valence electrons. The molecule has 0 saturated carbocycles. The van der Waals surface area contributed by atoms with Crippen LogP contribution < -0.4 is 15.0 Å². The molecule has 4 nitrogen and oxygen atoms in total. The van der Waals surface area contributed by atoms with Gasteiger partial charge in [0.15, 0.2) is 6.10 Å². The lowest BCUT2D eigenvalue weighted by Gasteiger charge is -2.16. The van der Waals surface area contributed by atoms with Crippen LogP contribution in [0.15, 0.2) is 48.5 Å². The van der Waals surface area contributed by atoms with Gasteiger partial charge < -0.3 is 15.0 Å². The number of anilines is 2. The number of hydrogen-bond acceptors (Lipinski definition) is 3. The van der Waals surface area contributed by atoms with Gasteiger partial charge in [0.05, 0.1) is 5.02 Å². The van der Waals surface area contributed by atoms with Gasteiger partial charge in [-0.25, -0.2) is 0 Å². The summed E-state index contributed by atoms with van der Waals surface area (Å²) >= 11 is 6.02. The van der Waals surface area contributed by atoms with Gasteiger partial charge in [-0.2, -0.15) is 0 Å². The average molecular weight is 319 g/mol. The Hall–Kier alpha value is -2.20. The van der Waals surface area contributed by atoms with Crippen molar-refractivity contribution in [2.45, 2.75) is 13.0 Å². The van der Waals surface area contributed by atoms with E-state index >= 15 is 0 Å². The molecule has 1 unspecified atom stereocenters. The van der Waals surface area contributed by atoms with E-state index in [1.807, 2.05) is 55.4 Å². The minimum atomic E-state index is -0.645. The number of halogens is 1. The highest BCUT2D eigenvalue weighted by atomic mass is 35.5. The van der Waals surface area contributed by atoms with E-state index in [0.717, 1.165) is 11.4 Å². The van der Waals surface area contributed by atoms with Gasteiger partial charge in [0.2, 0.25) is 0 Å². The smallest absolute Gasteiger partial charge is 0.265 e. The fourth-order valence-corrected chi connectivity index (χ4v) is 2.05. The van der Waals surface area contributed by atoms with E-state index in [0.29, 0.717) is 10.8 Å². The zero-order valence-corrected chi connectivity index (χ0v) is 13.6. The molecular weight excluding hydrogens is 300 g/mol. The van der Waals surface area contributed by atoms with E-state index < -0.39 is 6.10 Å². The maximum atomic E-state index is 12.2. The van der Waals surface area contributed by atoms with E-state index in [4.69, 9.17) is 16.3 Å². The largest absolute Gasteiger partial charge is 0.479 e. The highest BCUT2D eigenvalue weighted by Crippen LogP contribution is 2.24. The Balaban J connectivity index is 1.98. The number of rotatable bonds is 5. The molecule has 5 heteroatoms.